The Bertz CT molecular complexity index is 254. The Morgan fingerprint density at radius 2 is 1.73 bits per heavy atom. The Morgan fingerprint density at radius 3 is 2.20 bits per heavy atom. The smallest absolute Gasteiger partial charge is 0.0447 e. The van der Waals surface area contributed by atoms with Crippen molar-refractivity contribution in [2.75, 3.05) is 6.26 Å². The van der Waals surface area contributed by atoms with Crippen molar-refractivity contribution in [2.24, 2.45) is 0 Å². The molecule has 0 amide bonds. The summed E-state index contributed by atoms with van der Waals surface area (Å²) >= 11 is 19.9. The van der Waals surface area contributed by atoms with Crippen molar-refractivity contribution in [3.8, 4) is 0 Å². The average Bonchev–Trinajstić information content (AvgIpc) is 2.29. The standard InChI is InChI=1S/C8H8Cl2S.C2H6.H2S2/c1-11-5-6-4-7(9)2-3-8(6)10;2*1-2/h2-4H,5H2,1H3;1-2H3;1-2H. The number of thiol groups is 2. The van der Waals surface area contributed by atoms with Gasteiger partial charge in [0.25, 0.3) is 0 Å². The second-order valence-corrected chi connectivity index (χ2v) is 3.88. The molecule has 0 nitrogen and oxygen atoms in total. The van der Waals surface area contributed by atoms with E-state index in [1.54, 1.807) is 17.8 Å². The molecule has 0 aliphatic carbocycles. The fourth-order valence-corrected chi connectivity index (χ4v) is 1.82. The number of thioether (sulfide) groups is 1. The normalized spacial score (nSPS) is 8.20. The first kappa shape index (κ1) is 18.2. The quantitative estimate of drug-likeness (QED) is 0.526. The number of rotatable bonds is 2. The number of hydrogen-bond acceptors (Lipinski definition) is 3. The largest absolute Gasteiger partial charge is 0.161 e. The van der Waals surface area contributed by atoms with Gasteiger partial charge < -0.3 is 0 Å². The number of halogens is 2. The minimum absolute atomic E-state index is 0.749. The van der Waals surface area contributed by atoms with Gasteiger partial charge in [0.05, 0.1) is 0 Å². The van der Waals surface area contributed by atoms with Crippen LogP contribution >= 0.6 is 58.3 Å². The average molecular weight is 303 g/mol. The molecular weight excluding hydrogens is 287 g/mol. The molecule has 0 radical (unpaired) electrons. The van der Waals surface area contributed by atoms with Crippen molar-refractivity contribution in [3.05, 3.63) is 33.8 Å². The molecule has 0 aliphatic heterocycles. The number of benzene rings is 1. The van der Waals surface area contributed by atoms with Crippen LogP contribution in [0.25, 0.3) is 0 Å². The van der Waals surface area contributed by atoms with Crippen LogP contribution in [0.3, 0.4) is 0 Å². The summed E-state index contributed by atoms with van der Waals surface area (Å²) in [5.41, 5.74) is 1.10. The van der Waals surface area contributed by atoms with E-state index in [1.165, 1.54) is 0 Å². The van der Waals surface area contributed by atoms with Gasteiger partial charge in [-0.05, 0) is 30.0 Å². The summed E-state index contributed by atoms with van der Waals surface area (Å²) in [5.74, 6) is 0.916. The lowest BCUT2D eigenvalue weighted by Crippen LogP contribution is -1.80. The summed E-state index contributed by atoms with van der Waals surface area (Å²) in [4.78, 5) is 0. The molecule has 0 atom stereocenters. The molecule has 1 aromatic carbocycles. The molecule has 0 heterocycles. The molecule has 0 aliphatic rings. The predicted molar refractivity (Wildman–Crippen MR) is 83.0 cm³/mol. The van der Waals surface area contributed by atoms with Crippen LogP contribution in [0.1, 0.15) is 19.4 Å². The van der Waals surface area contributed by atoms with Gasteiger partial charge in [-0.3, -0.25) is 0 Å². The van der Waals surface area contributed by atoms with Gasteiger partial charge in [-0.15, -0.1) is 23.3 Å². The van der Waals surface area contributed by atoms with Crippen molar-refractivity contribution >= 4 is 58.3 Å². The Labute approximate surface area is 117 Å². The van der Waals surface area contributed by atoms with Gasteiger partial charge in [-0.25, -0.2) is 0 Å². The van der Waals surface area contributed by atoms with E-state index in [0.717, 1.165) is 21.4 Å². The first-order valence-electron chi connectivity index (χ1n) is 4.37. The van der Waals surface area contributed by atoms with E-state index in [9.17, 15) is 0 Å². The van der Waals surface area contributed by atoms with E-state index < -0.39 is 0 Å². The second-order valence-electron chi connectivity index (χ2n) is 2.17. The van der Waals surface area contributed by atoms with Gasteiger partial charge in [0.2, 0.25) is 0 Å². The van der Waals surface area contributed by atoms with Crippen LogP contribution in [-0.4, -0.2) is 6.26 Å². The van der Waals surface area contributed by atoms with Gasteiger partial charge in [0.1, 0.15) is 0 Å². The van der Waals surface area contributed by atoms with Gasteiger partial charge in [-0.2, -0.15) is 11.8 Å². The fraction of sp³-hybridized carbons (Fsp3) is 0.400. The third-order valence-electron chi connectivity index (χ3n) is 1.31. The van der Waals surface area contributed by atoms with Crippen LogP contribution in [0, 0.1) is 0 Å². The second kappa shape index (κ2) is 12.9. The molecule has 0 N–H and O–H groups in total. The molecule has 0 saturated heterocycles. The molecule has 1 rings (SSSR count). The maximum Gasteiger partial charge on any atom is 0.0447 e. The third-order valence-corrected chi connectivity index (χ3v) is 2.51. The highest BCUT2D eigenvalue weighted by Crippen LogP contribution is 2.23. The molecule has 0 saturated carbocycles. The summed E-state index contributed by atoms with van der Waals surface area (Å²) in [6.07, 6.45) is 2.04. The summed E-state index contributed by atoms with van der Waals surface area (Å²) in [6.45, 7) is 4.00. The van der Waals surface area contributed by atoms with Crippen molar-refractivity contribution in [1.29, 1.82) is 0 Å². The van der Waals surface area contributed by atoms with E-state index in [-0.39, 0.29) is 0 Å². The van der Waals surface area contributed by atoms with Crippen molar-refractivity contribution in [1.82, 2.24) is 0 Å². The summed E-state index contributed by atoms with van der Waals surface area (Å²) in [7, 11) is 0. The monoisotopic (exact) mass is 302 g/mol. The zero-order valence-corrected chi connectivity index (χ0v) is 13.1. The molecule has 0 fully saturated rings. The minimum Gasteiger partial charge on any atom is -0.161 e. The van der Waals surface area contributed by atoms with E-state index in [1.807, 2.05) is 32.2 Å². The molecule has 5 heteroatoms. The lowest BCUT2D eigenvalue weighted by molar-refractivity contribution is 1.42. The zero-order chi connectivity index (χ0) is 12.3. The molecule has 0 aromatic heterocycles. The van der Waals surface area contributed by atoms with Gasteiger partial charge in [0, 0.05) is 15.8 Å². The van der Waals surface area contributed by atoms with Crippen LogP contribution < -0.4 is 0 Å². The van der Waals surface area contributed by atoms with E-state index in [2.05, 4.69) is 23.3 Å². The summed E-state index contributed by atoms with van der Waals surface area (Å²) in [6, 6.07) is 5.53. The van der Waals surface area contributed by atoms with Gasteiger partial charge >= 0.3 is 0 Å². The molecule has 15 heavy (non-hydrogen) atoms. The van der Waals surface area contributed by atoms with Crippen LogP contribution in [0.2, 0.25) is 10.0 Å². The van der Waals surface area contributed by atoms with E-state index >= 15 is 0 Å². The van der Waals surface area contributed by atoms with Crippen LogP contribution in [0.15, 0.2) is 18.2 Å². The Kier molecular flexibility index (Phi) is 15.7. The lowest BCUT2D eigenvalue weighted by atomic mass is 10.2. The maximum atomic E-state index is 5.90. The first-order valence-corrected chi connectivity index (χ1v) is 8.12. The predicted octanol–water partition coefficient (Wildman–Crippen LogP) is 5.64. The van der Waals surface area contributed by atoms with Crippen LogP contribution in [0.5, 0.6) is 0 Å². The first-order chi connectivity index (χ1) is 7.24. The summed E-state index contributed by atoms with van der Waals surface area (Å²) < 4.78 is 0. The van der Waals surface area contributed by atoms with Crippen LogP contribution in [0.4, 0.5) is 0 Å². The lowest BCUT2D eigenvalue weighted by Gasteiger charge is -2.01. The van der Waals surface area contributed by atoms with Crippen molar-refractivity contribution in [2.45, 2.75) is 19.6 Å². The Balaban J connectivity index is 0. The van der Waals surface area contributed by atoms with Crippen LogP contribution in [-0.2, 0) is 5.75 Å². The maximum absolute atomic E-state index is 5.90. The highest BCUT2D eigenvalue weighted by atomic mass is 35.5. The molecular formula is C10H16Cl2S3. The summed E-state index contributed by atoms with van der Waals surface area (Å²) in [5, 5.41) is 1.54. The highest BCUT2D eigenvalue weighted by Gasteiger charge is 1.99. The topological polar surface area (TPSA) is 0 Å². The van der Waals surface area contributed by atoms with Gasteiger partial charge in [0.15, 0.2) is 0 Å². The number of hydrogen-bond donors (Lipinski definition) is 2. The SMILES string of the molecule is CC.CSCc1cc(Cl)ccc1Cl.SS. The Morgan fingerprint density at radius 1 is 1.20 bits per heavy atom. The molecule has 0 bridgehead atoms. The molecule has 1 aromatic rings. The molecule has 88 valence electrons. The molecule has 0 unspecified atom stereocenters. The zero-order valence-electron chi connectivity index (χ0n) is 9.00. The minimum atomic E-state index is 0.749. The third kappa shape index (κ3) is 8.64. The van der Waals surface area contributed by atoms with Crippen molar-refractivity contribution < 1.29 is 0 Å². The van der Waals surface area contributed by atoms with Crippen molar-refractivity contribution in [3.63, 3.8) is 0 Å². The molecule has 0 spiro atoms. The van der Waals surface area contributed by atoms with E-state index in [4.69, 9.17) is 23.2 Å². The Hall–Kier alpha value is 0.850. The highest BCUT2D eigenvalue weighted by molar-refractivity contribution is 8.59. The fourth-order valence-electron chi connectivity index (χ4n) is 0.809. The van der Waals surface area contributed by atoms with E-state index in [0.29, 0.717) is 0 Å². The van der Waals surface area contributed by atoms with Gasteiger partial charge in [-0.1, -0.05) is 37.0 Å².